The Hall–Kier alpha value is -2.02. The van der Waals surface area contributed by atoms with Gasteiger partial charge in [0.05, 0.1) is 0 Å². The molecule has 2 N–H and O–H groups in total. The molecule has 0 radical (unpaired) electrons. The smallest absolute Gasteiger partial charge is 0.423 e. The molecule has 0 bridgehead atoms. The Morgan fingerprint density at radius 3 is 2.18 bits per heavy atom. The molecule has 0 aliphatic carbocycles. The molecule has 0 spiro atoms. The Labute approximate surface area is 133 Å². The Bertz CT molecular complexity index is 679. The van der Waals surface area contributed by atoms with Crippen LogP contribution in [0.4, 0.5) is 0 Å². The molecule has 0 fully saturated rings. The van der Waals surface area contributed by atoms with Crippen LogP contribution in [0.15, 0.2) is 42.5 Å². The minimum Gasteiger partial charge on any atom is -0.423 e. The lowest BCUT2D eigenvalue weighted by Gasteiger charge is -2.04. The molecule has 2 aromatic carbocycles. The van der Waals surface area contributed by atoms with Crippen LogP contribution < -0.4 is 5.46 Å². The van der Waals surface area contributed by atoms with Gasteiger partial charge in [0.2, 0.25) is 0 Å². The third kappa shape index (κ3) is 4.49. The van der Waals surface area contributed by atoms with Crippen molar-refractivity contribution in [2.45, 2.75) is 33.1 Å². The van der Waals surface area contributed by atoms with Crippen LogP contribution in [0.5, 0.6) is 0 Å². The minimum atomic E-state index is -1.43. The molecular formula is C19H21BO2. The van der Waals surface area contributed by atoms with Gasteiger partial charge in [0.15, 0.2) is 0 Å². The zero-order valence-electron chi connectivity index (χ0n) is 13.1. The highest BCUT2D eigenvalue weighted by atomic mass is 16.4. The average molecular weight is 292 g/mol. The van der Waals surface area contributed by atoms with E-state index in [4.69, 9.17) is 0 Å². The topological polar surface area (TPSA) is 40.5 Å². The largest absolute Gasteiger partial charge is 0.488 e. The van der Waals surface area contributed by atoms with Crippen LogP contribution in [0.25, 0.3) is 0 Å². The first-order valence-corrected chi connectivity index (χ1v) is 7.68. The van der Waals surface area contributed by atoms with E-state index in [-0.39, 0.29) is 0 Å². The molecule has 22 heavy (non-hydrogen) atoms. The second-order valence-corrected chi connectivity index (χ2v) is 5.50. The number of unbranched alkanes of at least 4 members (excludes halogenated alkanes) is 1. The summed E-state index contributed by atoms with van der Waals surface area (Å²) in [6.07, 6.45) is 3.54. The molecule has 0 saturated heterocycles. The summed E-state index contributed by atoms with van der Waals surface area (Å²) in [5.74, 6) is 6.26. The predicted molar refractivity (Wildman–Crippen MR) is 92.0 cm³/mol. The molecule has 2 nitrogen and oxygen atoms in total. The first-order valence-electron chi connectivity index (χ1n) is 7.68. The summed E-state index contributed by atoms with van der Waals surface area (Å²) in [5, 5.41) is 18.4. The lowest BCUT2D eigenvalue weighted by molar-refractivity contribution is 0.425. The third-order valence-corrected chi connectivity index (χ3v) is 3.67. The fourth-order valence-electron chi connectivity index (χ4n) is 2.32. The SMILES string of the molecule is CCCCc1ccc(C#Cc2ccc(B(O)O)c(C)c2)cc1. The zero-order chi connectivity index (χ0) is 15.9. The van der Waals surface area contributed by atoms with Crippen LogP contribution in [0.3, 0.4) is 0 Å². The zero-order valence-corrected chi connectivity index (χ0v) is 13.1. The lowest BCUT2D eigenvalue weighted by atomic mass is 9.77. The predicted octanol–water partition coefficient (Wildman–Crippen LogP) is 2.42. The highest BCUT2D eigenvalue weighted by molar-refractivity contribution is 6.59. The van der Waals surface area contributed by atoms with Gasteiger partial charge in [-0.1, -0.05) is 48.9 Å². The average Bonchev–Trinajstić information content (AvgIpc) is 2.51. The van der Waals surface area contributed by atoms with Crippen molar-refractivity contribution in [2.24, 2.45) is 0 Å². The fraction of sp³-hybridized carbons (Fsp3) is 0.263. The minimum absolute atomic E-state index is 0.519. The van der Waals surface area contributed by atoms with Crippen molar-refractivity contribution in [1.29, 1.82) is 0 Å². The van der Waals surface area contributed by atoms with Crippen LogP contribution in [0, 0.1) is 18.8 Å². The summed E-state index contributed by atoms with van der Waals surface area (Å²) in [5.41, 5.74) is 4.56. The van der Waals surface area contributed by atoms with Gasteiger partial charge in [0, 0.05) is 11.1 Å². The Kier molecular flexibility index (Phi) is 5.83. The van der Waals surface area contributed by atoms with Crippen LogP contribution >= 0.6 is 0 Å². The molecule has 3 heteroatoms. The van der Waals surface area contributed by atoms with Gasteiger partial charge in [-0.15, -0.1) is 0 Å². The van der Waals surface area contributed by atoms with Crippen LogP contribution in [0.2, 0.25) is 0 Å². The molecule has 0 amide bonds. The van der Waals surface area contributed by atoms with Crippen molar-refractivity contribution in [3.63, 3.8) is 0 Å². The van der Waals surface area contributed by atoms with Gasteiger partial charge in [0.1, 0.15) is 0 Å². The van der Waals surface area contributed by atoms with E-state index in [9.17, 15) is 10.0 Å². The van der Waals surface area contributed by atoms with Gasteiger partial charge in [0.25, 0.3) is 0 Å². The number of hydrogen-bond donors (Lipinski definition) is 2. The Morgan fingerprint density at radius 2 is 1.59 bits per heavy atom. The van der Waals surface area contributed by atoms with E-state index in [2.05, 4.69) is 43.0 Å². The quantitative estimate of drug-likeness (QED) is 0.671. The molecule has 0 heterocycles. The molecule has 112 valence electrons. The normalized spacial score (nSPS) is 10.0. The molecule has 0 aliphatic heterocycles. The van der Waals surface area contributed by atoms with Crippen molar-refractivity contribution in [1.82, 2.24) is 0 Å². The summed E-state index contributed by atoms with van der Waals surface area (Å²) in [6, 6.07) is 13.8. The summed E-state index contributed by atoms with van der Waals surface area (Å²) in [7, 11) is -1.43. The lowest BCUT2D eigenvalue weighted by Crippen LogP contribution is -2.31. The van der Waals surface area contributed by atoms with Crippen molar-refractivity contribution in [2.75, 3.05) is 0 Å². The maximum Gasteiger partial charge on any atom is 0.488 e. The van der Waals surface area contributed by atoms with E-state index in [0.717, 1.165) is 23.1 Å². The monoisotopic (exact) mass is 292 g/mol. The standard InChI is InChI=1S/C19H21BO2/c1-3-4-5-16-6-8-17(9-7-16)10-11-18-12-13-19(20(21)22)15(2)14-18/h6-9,12-14,21-22H,3-5H2,1-2H3. The highest BCUT2D eigenvalue weighted by Gasteiger charge is 2.13. The highest BCUT2D eigenvalue weighted by Crippen LogP contribution is 2.08. The van der Waals surface area contributed by atoms with E-state index >= 15 is 0 Å². The third-order valence-electron chi connectivity index (χ3n) is 3.67. The number of hydrogen-bond acceptors (Lipinski definition) is 2. The van der Waals surface area contributed by atoms with E-state index in [1.165, 1.54) is 18.4 Å². The molecule has 2 aromatic rings. The van der Waals surface area contributed by atoms with E-state index < -0.39 is 7.12 Å². The van der Waals surface area contributed by atoms with Crippen molar-refractivity contribution in [3.8, 4) is 11.8 Å². The Balaban J connectivity index is 2.11. The maximum atomic E-state index is 9.21. The number of aryl methyl sites for hydroxylation is 2. The van der Waals surface area contributed by atoms with Gasteiger partial charge in [-0.05, 0) is 55.1 Å². The second kappa shape index (κ2) is 7.84. The first-order chi connectivity index (χ1) is 10.6. The van der Waals surface area contributed by atoms with Crippen LogP contribution in [-0.2, 0) is 6.42 Å². The first kappa shape index (κ1) is 16.4. The van der Waals surface area contributed by atoms with E-state index in [1.54, 1.807) is 6.07 Å². The Morgan fingerprint density at radius 1 is 0.955 bits per heavy atom. The molecule has 0 aliphatic rings. The van der Waals surface area contributed by atoms with Gasteiger partial charge >= 0.3 is 7.12 Å². The summed E-state index contributed by atoms with van der Waals surface area (Å²) < 4.78 is 0. The van der Waals surface area contributed by atoms with Crippen LogP contribution in [0.1, 0.15) is 42.0 Å². The van der Waals surface area contributed by atoms with Gasteiger partial charge in [-0.3, -0.25) is 0 Å². The van der Waals surface area contributed by atoms with E-state index in [1.807, 2.05) is 19.1 Å². The molecule has 0 aromatic heterocycles. The maximum absolute atomic E-state index is 9.21. The summed E-state index contributed by atoms with van der Waals surface area (Å²) >= 11 is 0. The molecular weight excluding hydrogens is 271 g/mol. The van der Waals surface area contributed by atoms with Gasteiger partial charge in [-0.2, -0.15) is 0 Å². The number of benzene rings is 2. The van der Waals surface area contributed by atoms with E-state index in [0.29, 0.717) is 5.46 Å². The summed E-state index contributed by atoms with van der Waals surface area (Å²) in [6.45, 7) is 4.05. The summed E-state index contributed by atoms with van der Waals surface area (Å²) in [4.78, 5) is 0. The van der Waals surface area contributed by atoms with Crippen molar-refractivity contribution >= 4 is 12.6 Å². The van der Waals surface area contributed by atoms with Crippen LogP contribution in [-0.4, -0.2) is 17.2 Å². The molecule has 0 saturated carbocycles. The van der Waals surface area contributed by atoms with Crippen molar-refractivity contribution in [3.05, 3.63) is 64.7 Å². The fourth-order valence-corrected chi connectivity index (χ4v) is 2.32. The van der Waals surface area contributed by atoms with Gasteiger partial charge in [-0.25, -0.2) is 0 Å². The van der Waals surface area contributed by atoms with Gasteiger partial charge < -0.3 is 10.0 Å². The molecule has 0 unspecified atom stereocenters. The number of rotatable bonds is 4. The second-order valence-electron chi connectivity index (χ2n) is 5.50. The molecule has 2 rings (SSSR count). The van der Waals surface area contributed by atoms with Crippen molar-refractivity contribution < 1.29 is 10.0 Å². The molecule has 0 atom stereocenters.